The maximum atomic E-state index is 5.08. The summed E-state index contributed by atoms with van der Waals surface area (Å²) in [6.45, 7) is 13.2. The Morgan fingerprint density at radius 1 is 1.18 bits per heavy atom. The predicted molar refractivity (Wildman–Crippen MR) is 107 cm³/mol. The van der Waals surface area contributed by atoms with Gasteiger partial charge in [-0.05, 0) is 39.7 Å². The summed E-state index contributed by atoms with van der Waals surface area (Å²) in [4.78, 5) is 6.88. The molecule has 6 heteroatoms. The number of nitrogens with one attached hydrogen (secondary N) is 2. The molecule has 5 nitrogen and oxygen atoms in total. The van der Waals surface area contributed by atoms with Crippen LogP contribution in [-0.4, -0.2) is 63.8 Å². The van der Waals surface area contributed by atoms with Gasteiger partial charge in [0.25, 0.3) is 0 Å². The van der Waals surface area contributed by atoms with Gasteiger partial charge < -0.3 is 20.3 Å². The van der Waals surface area contributed by atoms with Gasteiger partial charge in [-0.2, -0.15) is 0 Å². The molecule has 0 aliphatic heterocycles. The highest BCUT2D eigenvalue weighted by molar-refractivity contribution is 14.0. The number of hydrogen-bond acceptors (Lipinski definition) is 3. The third kappa shape index (κ3) is 14.8. The van der Waals surface area contributed by atoms with Crippen LogP contribution in [0.5, 0.6) is 0 Å². The minimum atomic E-state index is 0. The lowest BCUT2D eigenvalue weighted by molar-refractivity contribution is 0.163. The topological polar surface area (TPSA) is 48.9 Å². The molecule has 0 bridgehead atoms. The fraction of sp³-hybridized carbons (Fsp3) is 0.938. The first-order chi connectivity index (χ1) is 9.99. The van der Waals surface area contributed by atoms with E-state index in [4.69, 9.17) is 4.74 Å². The largest absolute Gasteiger partial charge is 0.383 e. The van der Waals surface area contributed by atoms with Crippen LogP contribution in [0.2, 0.25) is 0 Å². The molecule has 0 heterocycles. The van der Waals surface area contributed by atoms with Crippen LogP contribution >= 0.6 is 24.0 Å². The molecule has 0 aromatic rings. The number of methoxy groups -OCH3 is 1. The van der Waals surface area contributed by atoms with E-state index in [-0.39, 0.29) is 24.0 Å². The van der Waals surface area contributed by atoms with Crippen LogP contribution < -0.4 is 10.6 Å². The van der Waals surface area contributed by atoms with Crippen molar-refractivity contribution in [2.24, 2.45) is 10.9 Å². The number of aliphatic imine (C=N–C) groups is 1. The molecule has 0 spiro atoms. The average molecular weight is 428 g/mol. The van der Waals surface area contributed by atoms with E-state index in [9.17, 15) is 0 Å². The van der Waals surface area contributed by atoms with E-state index in [1.807, 2.05) is 0 Å². The molecule has 0 saturated carbocycles. The van der Waals surface area contributed by atoms with E-state index in [2.05, 4.69) is 55.3 Å². The summed E-state index contributed by atoms with van der Waals surface area (Å²) in [5, 5.41) is 6.80. The monoisotopic (exact) mass is 428 g/mol. The number of hydrogen-bond donors (Lipinski definition) is 2. The molecule has 0 amide bonds. The van der Waals surface area contributed by atoms with Crippen LogP contribution in [0.15, 0.2) is 4.99 Å². The van der Waals surface area contributed by atoms with E-state index in [0.717, 1.165) is 44.7 Å². The van der Waals surface area contributed by atoms with Crippen LogP contribution in [0.4, 0.5) is 0 Å². The van der Waals surface area contributed by atoms with Gasteiger partial charge in [0.2, 0.25) is 0 Å². The van der Waals surface area contributed by atoms with Gasteiger partial charge in [0.15, 0.2) is 5.96 Å². The Balaban J connectivity index is 0. The summed E-state index contributed by atoms with van der Waals surface area (Å²) in [6, 6.07) is 0.455. The number of guanidine groups is 1. The fourth-order valence-electron chi connectivity index (χ4n) is 1.90. The first kappa shape index (κ1) is 24.2. The molecule has 0 aromatic heterocycles. The zero-order chi connectivity index (χ0) is 16.1. The lowest BCUT2D eigenvalue weighted by atomic mass is 10.0. The van der Waals surface area contributed by atoms with Crippen LogP contribution in [0.1, 0.15) is 40.5 Å². The van der Waals surface area contributed by atoms with Gasteiger partial charge in [0.1, 0.15) is 0 Å². The molecule has 1 atom stereocenters. The van der Waals surface area contributed by atoms with Gasteiger partial charge >= 0.3 is 0 Å². The fourth-order valence-corrected chi connectivity index (χ4v) is 1.90. The van der Waals surface area contributed by atoms with E-state index in [0.29, 0.717) is 6.04 Å². The Morgan fingerprint density at radius 2 is 1.86 bits per heavy atom. The van der Waals surface area contributed by atoms with Gasteiger partial charge in [0, 0.05) is 32.8 Å². The van der Waals surface area contributed by atoms with Crippen molar-refractivity contribution in [3.8, 4) is 0 Å². The second-order valence-corrected chi connectivity index (χ2v) is 6.07. The smallest absolute Gasteiger partial charge is 0.191 e. The van der Waals surface area contributed by atoms with Gasteiger partial charge in [-0.1, -0.05) is 13.8 Å². The summed E-state index contributed by atoms with van der Waals surface area (Å²) < 4.78 is 5.08. The van der Waals surface area contributed by atoms with Gasteiger partial charge in [-0.3, -0.25) is 4.99 Å². The van der Waals surface area contributed by atoms with Crippen molar-refractivity contribution >= 4 is 29.9 Å². The van der Waals surface area contributed by atoms with E-state index >= 15 is 0 Å². The highest BCUT2D eigenvalue weighted by Crippen LogP contribution is 2.06. The van der Waals surface area contributed by atoms with Crippen LogP contribution in [-0.2, 0) is 4.74 Å². The van der Waals surface area contributed by atoms with Crippen LogP contribution in [0.3, 0.4) is 0 Å². The summed E-state index contributed by atoms with van der Waals surface area (Å²) in [6.07, 6.45) is 2.42. The van der Waals surface area contributed by atoms with Crippen LogP contribution in [0.25, 0.3) is 0 Å². The number of nitrogens with zero attached hydrogens (tertiary/aromatic N) is 2. The van der Waals surface area contributed by atoms with Crippen molar-refractivity contribution in [3.63, 3.8) is 0 Å². The highest BCUT2D eigenvalue weighted by Gasteiger charge is 2.06. The molecule has 2 N–H and O–H groups in total. The van der Waals surface area contributed by atoms with Crippen molar-refractivity contribution in [1.29, 1.82) is 0 Å². The molecule has 0 radical (unpaired) electrons. The lowest BCUT2D eigenvalue weighted by Gasteiger charge is -2.19. The Morgan fingerprint density at radius 3 is 2.41 bits per heavy atom. The molecule has 0 rings (SSSR count). The lowest BCUT2D eigenvalue weighted by Crippen LogP contribution is -2.42. The van der Waals surface area contributed by atoms with Gasteiger partial charge in [-0.25, -0.2) is 0 Å². The van der Waals surface area contributed by atoms with E-state index < -0.39 is 0 Å². The quantitative estimate of drug-likeness (QED) is 0.302. The third-order valence-electron chi connectivity index (χ3n) is 3.33. The first-order valence-electron chi connectivity index (χ1n) is 8.21. The highest BCUT2D eigenvalue weighted by atomic mass is 127. The molecule has 22 heavy (non-hydrogen) atoms. The van der Waals surface area contributed by atoms with Crippen molar-refractivity contribution in [1.82, 2.24) is 15.5 Å². The summed E-state index contributed by atoms with van der Waals surface area (Å²) in [7, 11) is 3.83. The Labute approximate surface area is 154 Å². The standard InChI is InChI=1S/C16H36N4O.HI/c1-7-17-16(19-15(4)9-8-14(2)3)18-10-11-20(5)12-13-21-6;/h14-15H,7-13H2,1-6H3,(H2,17,18,19);1H. The normalized spacial score (nSPS) is 13.2. The van der Waals surface area contributed by atoms with Crippen molar-refractivity contribution in [2.75, 3.05) is 46.9 Å². The minimum absolute atomic E-state index is 0. The number of ether oxygens (including phenoxy) is 1. The summed E-state index contributed by atoms with van der Waals surface area (Å²) >= 11 is 0. The SMILES string of the molecule is CCNC(=NCCN(C)CCOC)NC(C)CCC(C)C.I. The molecule has 0 aliphatic rings. The maximum absolute atomic E-state index is 5.08. The zero-order valence-corrected chi connectivity index (χ0v) is 17.6. The number of rotatable bonds is 11. The summed E-state index contributed by atoms with van der Waals surface area (Å²) in [5.74, 6) is 1.68. The first-order valence-corrected chi connectivity index (χ1v) is 8.21. The molecule has 134 valence electrons. The van der Waals surface area contributed by atoms with Gasteiger partial charge in [0.05, 0.1) is 13.2 Å². The van der Waals surface area contributed by atoms with E-state index in [1.165, 1.54) is 12.8 Å². The molecular formula is C16H37IN4O. The average Bonchev–Trinajstić information content (AvgIpc) is 2.43. The van der Waals surface area contributed by atoms with Crippen molar-refractivity contribution < 1.29 is 4.74 Å². The summed E-state index contributed by atoms with van der Waals surface area (Å²) in [5.41, 5.74) is 0. The van der Waals surface area contributed by atoms with Crippen LogP contribution in [0, 0.1) is 5.92 Å². The second kappa shape index (κ2) is 15.8. The van der Waals surface area contributed by atoms with E-state index in [1.54, 1.807) is 7.11 Å². The van der Waals surface area contributed by atoms with Crippen molar-refractivity contribution in [3.05, 3.63) is 0 Å². The number of likely N-dealkylation sites (N-methyl/N-ethyl adjacent to an activating group) is 1. The third-order valence-corrected chi connectivity index (χ3v) is 3.33. The van der Waals surface area contributed by atoms with Crippen molar-refractivity contribution in [2.45, 2.75) is 46.6 Å². The maximum Gasteiger partial charge on any atom is 0.191 e. The zero-order valence-electron chi connectivity index (χ0n) is 15.3. The molecule has 0 aromatic carbocycles. The van der Waals surface area contributed by atoms with Gasteiger partial charge in [-0.15, -0.1) is 24.0 Å². The molecular weight excluding hydrogens is 391 g/mol. The molecule has 0 aliphatic carbocycles. The Kier molecular flexibility index (Phi) is 17.4. The minimum Gasteiger partial charge on any atom is -0.383 e. The molecule has 1 unspecified atom stereocenters. The molecule has 0 saturated heterocycles. The molecule has 0 fully saturated rings. The second-order valence-electron chi connectivity index (χ2n) is 6.07. The predicted octanol–water partition coefficient (Wildman–Crippen LogP) is 2.56. The Hall–Kier alpha value is -0.0800. The Bertz CT molecular complexity index is 275. The number of halogens is 1.